The number of fused-ring (bicyclic) bond motifs is 1. The second-order valence-electron chi connectivity index (χ2n) is 6.19. The van der Waals surface area contributed by atoms with E-state index in [-0.39, 0.29) is 23.0 Å². The number of ether oxygens (including phenoxy) is 2. The molecule has 0 saturated heterocycles. The Kier molecular flexibility index (Phi) is 4.90. The molecule has 0 aliphatic carbocycles. The predicted molar refractivity (Wildman–Crippen MR) is 96.6 cm³/mol. The molecule has 2 aromatic carbocycles. The molecule has 0 N–H and O–H groups in total. The van der Waals surface area contributed by atoms with Gasteiger partial charge in [-0.05, 0) is 48.7 Å². The fraction of sp³-hybridized carbons (Fsp3) is 0.316. The first-order chi connectivity index (χ1) is 12.4. The van der Waals surface area contributed by atoms with E-state index in [0.717, 1.165) is 11.1 Å². The summed E-state index contributed by atoms with van der Waals surface area (Å²) in [5, 5.41) is 9.27. The lowest BCUT2D eigenvalue weighted by Gasteiger charge is -2.34. The van der Waals surface area contributed by atoms with Crippen LogP contribution in [0.2, 0.25) is 0 Å². The normalized spacial score (nSPS) is 17.2. The van der Waals surface area contributed by atoms with E-state index in [0.29, 0.717) is 17.9 Å². The fourth-order valence-corrected chi connectivity index (χ4v) is 5.03. The van der Waals surface area contributed by atoms with E-state index < -0.39 is 10.0 Å². The third-order valence-electron chi connectivity index (χ3n) is 4.63. The highest BCUT2D eigenvalue weighted by atomic mass is 32.2. The summed E-state index contributed by atoms with van der Waals surface area (Å²) in [7, 11) is -0.669. The van der Waals surface area contributed by atoms with Crippen LogP contribution in [-0.4, -0.2) is 33.0 Å². The molecule has 136 valence electrons. The summed E-state index contributed by atoms with van der Waals surface area (Å²) >= 11 is 0. The monoisotopic (exact) mass is 372 g/mol. The van der Waals surface area contributed by atoms with Crippen molar-refractivity contribution in [3.63, 3.8) is 0 Å². The molecule has 1 aliphatic rings. The molecular formula is C19H20N2O4S. The number of nitrogens with zero attached hydrogens (tertiary/aromatic N) is 2. The zero-order valence-corrected chi connectivity index (χ0v) is 15.7. The van der Waals surface area contributed by atoms with Gasteiger partial charge in [0.05, 0.1) is 24.7 Å². The van der Waals surface area contributed by atoms with Crippen molar-refractivity contribution in [2.24, 2.45) is 0 Å². The minimum absolute atomic E-state index is 0.0401. The van der Waals surface area contributed by atoms with Gasteiger partial charge in [0, 0.05) is 12.6 Å². The minimum Gasteiger partial charge on any atom is -0.493 e. The Labute approximate surface area is 153 Å². The molecule has 0 fully saturated rings. The Bertz CT molecular complexity index is 980. The van der Waals surface area contributed by atoms with Crippen LogP contribution in [0.4, 0.5) is 0 Å². The first-order valence-corrected chi connectivity index (χ1v) is 9.61. The van der Waals surface area contributed by atoms with Crippen LogP contribution in [0.5, 0.6) is 11.5 Å². The standard InChI is InChI=1S/C19H20N2O4S/c1-13-8-15-9-17(24-2)18(25-3)10-16(15)12-21(13)26(22,23)19-7-5-4-6-14(19)11-20/h4-7,9-10,13H,8,12H2,1-3H3. The maximum absolute atomic E-state index is 13.2. The number of hydrogen-bond donors (Lipinski definition) is 0. The van der Waals surface area contributed by atoms with Gasteiger partial charge >= 0.3 is 0 Å². The number of benzene rings is 2. The van der Waals surface area contributed by atoms with E-state index in [2.05, 4.69) is 0 Å². The number of nitriles is 1. The van der Waals surface area contributed by atoms with Crippen molar-refractivity contribution in [2.75, 3.05) is 14.2 Å². The van der Waals surface area contributed by atoms with Crippen LogP contribution in [0, 0.1) is 11.3 Å². The molecule has 1 aliphatic heterocycles. The lowest BCUT2D eigenvalue weighted by Crippen LogP contribution is -2.42. The van der Waals surface area contributed by atoms with Crippen molar-refractivity contribution in [1.29, 1.82) is 5.26 Å². The molecule has 0 saturated carbocycles. The Morgan fingerprint density at radius 2 is 1.73 bits per heavy atom. The van der Waals surface area contributed by atoms with Gasteiger partial charge in [0.25, 0.3) is 0 Å². The summed E-state index contributed by atoms with van der Waals surface area (Å²) in [5.74, 6) is 1.19. The zero-order chi connectivity index (χ0) is 18.9. The number of rotatable bonds is 4. The average molecular weight is 372 g/mol. The highest BCUT2D eigenvalue weighted by Crippen LogP contribution is 2.36. The Morgan fingerprint density at radius 1 is 1.12 bits per heavy atom. The summed E-state index contributed by atoms with van der Waals surface area (Å²) in [5.41, 5.74) is 2.06. The smallest absolute Gasteiger partial charge is 0.244 e. The molecule has 6 nitrogen and oxygen atoms in total. The van der Waals surface area contributed by atoms with Gasteiger partial charge in [-0.25, -0.2) is 8.42 Å². The van der Waals surface area contributed by atoms with Crippen LogP contribution in [0.25, 0.3) is 0 Å². The molecule has 7 heteroatoms. The van der Waals surface area contributed by atoms with Crippen LogP contribution < -0.4 is 9.47 Å². The lowest BCUT2D eigenvalue weighted by molar-refractivity contribution is 0.305. The van der Waals surface area contributed by atoms with Gasteiger partial charge in [0.1, 0.15) is 6.07 Å². The molecular weight excluding hydrogens is 352 g/mol. The molecule has 0 aromatic heterocycles. The molecule has 1 atom stereocenters. The molecule has 3 rings (SSSR count). The zero-order valence-electron chi connectivity index (χ0n) is 14.9. The molecule has 2 aromatic rings. The van der Waals surface area contributed by atoms with Crippen molar-refractivity contribution < 1.29 is 17.9 Å². The van der Waals surface area contributed by atoms with E-state index in [4.69, 9.17) is 9.47 Å². The maximum Gasteiger partial charge on any atom is 0.244 e. The minimum atomic E-state index is -3.79. The van der Waals surface area contributed by atoms with Gasteiger partial charge < -0.3 is 9.47 Å². The van der Waals surface area contributed by atoms with E-state index in [1.54, 1.807) is 26.4 Å². The summed E-state index contributed by atoms with van der Waals surface area (Å²) in [6, 6.07) is 11.7. The fourth-order valence-electron chi connectivity index (χ4n) is 3.28. The molecule has 0 amide bonds. The van der Waals surface area contributed by atoms with E-state index in [9.17, 15) is 13.7 Å². The van der Waals surface area contributed by atoms with Crippen molar-refractivity contribution in [2.45, 2.75) is 30.8 Å². The third-order valence-corrected chi connectivity index (χ3v) is 6.65. The molecule has 0 radical (unpaired) electrons. The SMILES string of the molecule is COc1cc2c(cc1OC)CN(S(=O)(=O)c1ccccc1C#N)C(C)C2. The molecule has 1 unspecified atom stereocenters. The quantitative estimate of drug-likeness (QED) is 0.824. The third kappa shape index (κ3) is 3.02. The Morgan fingerprint density at radius 3 is 2.35 bits per heavy atom. The van der Waals surface area contributed by atoms with Gasteiger partial charge in [-0.3, -0.25) is 0 Å². The highest BCUT2D eigenvalue weighted by molar-refractivity contribution is 7.89. The molecule has 1 heterocycles. The highest BCUT2D eigenvalue weighted by Gasteiger charge is 2.35. The van der Waals surface area contributed by atoms with E-state index >= 15 is 0 Å². The van der Waals surface area contributed by atoms with Crippen LogP contribution >= 0.6 is 0 Å². The second-order valence-corrected chi connectivity index (χ2v) is 8.05. The Balaban J connectivity index is 2.05. The average Bonchev–Trinajstić information content (AvgIpc) is 2.66. The molecule has 0 bridgehead atoms. The predicted octanol–water partition coefficient (Wildman–Crippen LogP) is 2.71. The lowest BCUT2D eigenvalue weighted by atomic mass is 9.96. The first kappa shape index (κ1) is 18.2. The van der Waals surface area contributed by atoms with Gasteiger partial charge in [0.2, 0.25) is 10.0 Å². The van der Waals surface area contributed by atoms with Crippen LogP contribution in [0.15, 0.2) is 41.3 Å². The maximum atomic E-state index is 13.2. The van der Waals surface area contributed by atoms with Gasteiger partial charge in [-0.2, -0.15) is 9.57 Å². The Hall–Kier alpha value is -2.56. The first-order valence-electron chi connectivity index (χ1n) is 8.17. The van der Waals surface area contributed by atoms with Crippen LogP contribution in [-0.2, 0) is 23.0 Å². The van der Waals surface area contributed by atoms with Crippen LogP contribution in [0.3, 0.4) is 0 Å². The van der Waals surface area contributed by atoms with Gasteiger partial charge in [-0.15, -0.1) is 0 Å². The van der Waals surface area contributed by atoms with Crippen molar-refractivity contribution in [3.8, 4) is 17.6 Å². The molecule has 26 heavy (non-hydrogen) atoms. The van der Waals surface area contributed by atoms with E-state index in [1.807, 2.05) is 25.1 Å². The topological polar surface area (TPSA) is 79.6 Å². The number of methoxy groups -OCH3 is 2. The molecule has 0 spiro atoms. The number of sulfonamides is 1. The van der Waals surface area contributed by atoms with Gasteiger partial charge in [-0.1, -0.05) is 12.1 Å². The summed E-state index contributed by atoms with van der Waals surface area (Å²) < 4.78 is 38.5. The largest absolute Gasteiger partial charge is 0.493 e. The second kappa shape index (κ2) is 6.98. The number of hydrogen-bond acceptors (Lipinski definition) is 5. The van der Waals surface area contributed by atoms with Crippen molar-refractivity contribution in [3.05, 3.63) is 53.1 Å². The summed E-state index contributed by atoms with van der Waals surface area (Å²) in [6.45, 7) is 2.09. The summed E-state index contributed by atoms with van der Waals surface area (Å²) in [6.07, 6.45) is 0.559. The van der Waals surface area contributed by atoms with E-state index in [1.165, 1.54) is 16.4 Å². The van der Waals surface area contributed by atoms with Crippen LogP contribution in [0.1, 0.15) is 23.6 Å². The van der Waals surface area contributed by atoms with Crippen molar-refractivity contribution >= 4 is 10.0 Å². The van der Waals surface area contributed by atoms with Gasteiger partial charge in [0.15, 0.2) is 11.5 Å². The summed E-state index contributed by atoms with van der Waals surface area (Å²) in [4.78, 5) is 0.0401. The van der Waals surface area contributed by atoms with Crippen molar-refractivity contribution in [1.82, 2.24) is 4.31 Å².